The quantitative estimate of drug-likeness (QED) is 0.721. The van der Waals surface area contributed by atoms with Gasteiger partial charge in [0.15, 0.2) is 0 Å². The molecule has 186 valence electrons. The largest absolute Gasteiger partial charge is 0.496 e. The third kappa shape index (κ3) is 4.33. The van der Waals surface area contributed by atoms with Gasteiger partial charge in [0.25, 0.3) is 0 Å². The Morgan fingerprint density at radius 3 is 2.66 bits per heavy atom. The molecule has 0 aliphatic carbocycles. The Bertz CT molecular complexity index is 1090. The molecule has 0 unspecified atom stereocenters. The molecule has 0 saturated carbocycles. The highest BCUT2D eigenvalue weighted by molar-refractivity contribution is 5.89. The van der Waals surface area contributed by atoms with Gasteiger partial charge in [0, 0.05) is 44.2 Å². The van der Waals surface area contributed by atoms with E-state index in [4.69, 9.17) is 9.47 Å². The number of nitrogens with zero attached hydrogens (tertiary/aromatic N) is 1. The van der Waals surface area contributed by atoms with Gasteiger partial charge in [0.05, 0.1) is 18.1 Å². The lowest BCUT2D eigenvalue weighted by Crippen LogP contribution is -2.54. The van der Waals surface area contributed by atoms with Gasteiger partial charge in [-0.05, 0) is 44.2 Å². The van der Waals surface area contributed by atoms with Gasteiger partial charge < -0.3 is 19.7 Å². The van der Waals surface area contributed by atoms with Crippen LogP contribution in [0.3, 0.4) is 0 Å². The van der Waals surface area contributed by atoms with Crippen LogP contribution < -0.4 is 10.1 Å². The molecule has 2 amide bonds. The zero-order chi connectivity index (χ0) is 24.5. The number of para-hydroxylation sites is 1. The molecule has 6 heteroatoms. The molecule has 1 N–H and O–H groups in total. The van der Waals surface area contributed by atoms with Crippen LogP contribution in [0.25, 0.3) is 0 Å². The third-order valence-corrected chi connectivity index (χ3v) is 8.34. The lowest BCUT2D eigenvalue weighted by molar-refractivity contribution is -0.140. The molecule has 3 aliphatic heterocycles. The number of hydrogen-bond donors (Lipinski definition) is 1. The van der Waals surface area contributed by atoms with Crippen molar-refractivity contribution in [3.63, 3.8) is 0 Å². The van der Waals surface area contributed by atoms with E-state index in [1.165, 1.54) is 0 Å². The minimum atomic E-state index is -0.601. The van der Waals surface area contributed by atoms with Gasteiger partial charge in [-0.25, -0.2) is 0 Å². The minimum absolute atomic E-state index is 0.0287. The number of nitrogens with one attached hydrogen (secondary N) is 1. The van der Waals surface area contributed by atoms with E-state index in [1.807, 2.05) is 29.2 Å². The molecular formula is C29H36N2O4. The van der Waals surface area contributed by atoms with Crippen molar-refractivity contribution in [1.82, 2.24) is 10.2 Å². The van der Waals surface area contributed by atoms with E-state index in [2.05, 4.69) is 36.5 Å². The molecule has 3 aliphatic rings. The summed E-state index contributed by atoms with van der Waals surface area (Å²) in [6, 6.07) is 16.4. The SMILES string of the molecule is COc1ccccc1[C@@H]1CN(C(=O)C2(c3cccc(C)c3)CCOCC2)C[C@]12CCCCC(=O)N2. The maximum absolute atomic E-state index is 14.5. The lowest BCUT2D eigenvalue weighted by Gasteiger charge is -2.40. The molecule has 5 rings (SSSR count). The summed E-state index contributed by atoms with van der Waals surface area (Å²) in [5.74, 6) is 1.01. The fraction of sp³-hybridized carbons (Fsp3) is 0.517. The number of methoxy groups -OCH3 is 1. The van der Waals surface area contributed by atoms with Crippen LogP contribution in [0.5, 0.6) is 5.75 Å². The van der Waals surface area contributed by atoms with Gasteiger partial charge in [-0.1, -0.05) is 54.4 Å². The minimum Gasteiger partial charge on any atom is -0.496 e. The van der Waals surface area contributed by atoms with Gasteiger partial charge in [0.2, 0.25) is 11.8 Å². The summed E-state index contributed by atoms with van der Waals surface area (Å²) in [4.78, 5) is 29.3. The summed E-state index contributed by atoms with van der Waals surface area (Å²) >= 11 is 0. The van der Waals surface area contributed by atoms with Crippen molar-refractivity contribution < 1.29 is 19.1 Å². The zero-order valence-corrected chi connectivity index (χ0v) is 20.8. The van der Waals surface area contributed by atoms with Gasteiger partial charge in [-0.2, -0.15) is 0 Å². The van der Waals surface area contributed by atoms with E-state index in [0.29, 0.717) is 45.6 Å². The van der Waals surface area contributed by atoms with Crippen molar-refractivity contribution in [2.75, 3.05) is 33.4 Å². The van der Waals surface area contributed by atoms with Crippen molar-refractivity contribution in [2.45, 2.75) is 62.3 Å². The first kappa shape index (κ1) is 23.9. The van der Waals surface area contributed by atoms with Crippen molar-refractivity contribution in [2.24, 2.45) is 0 Å². The normalized spacial score (nSPS) is 26.3. The molecular weight excluding hydrogens is 440 g/mol. The topological polar surface area (TPSA) is 67.9 Å². The van der Waals surface area contributed by atoms with Crippen LogP contribution in [0, 0.1) is 6.92 Å². The monoisotopic (exact) mass is 476 g/mol. The first-order chi connectivity index (χ1) is 17.0. The molecule has 3 heterocycles. The third-order valence-electron chi connectivity index (χ3n) is 8.34. The summed E-state index contributed by atoms with van der Waals surface area (Å²) < 4.78 is 11.4. The second-order valence-electron chi connectivity index (χ2n) is 10.5. The highest BCUT2D eigenvalue weighted by Crippen LogP contribution is 2.46. The number of benzene rings is 2. The molecule has 0 aromatic heterocycles. The van der Waals surface area contributed by atoms with Crippen LogP contribution >= 0.6 is 0 Å². The smallest absolute Gasteiger partial charge is 0.233 e. The molecule has 35 heavy (non-hydrogen) atoms. The number of likely N-dealkylation sites (tertiary alicyclic amines) is 1. The predicted molar refractivity (Wildman–Crippen MR) is 135 cm³/mol. The summed E-state index contributed by atoms with van der Waals surface area (Å²) in [5, 5.41) is 3.39. The van der Waals surface area contributed by atoms with E-state index in [9.17, 15) is 9.59 Å². The number of amides is 2. The van der Waals surface area contributed by atoms with Crippen molar-refractivity contribution >= 4 is 11.8 Å². The van der Waals surface area contributed by atoms with E-state index < -0.39 is 11.0 Å². The molecule has 0 bridgehead atoms. The summed E-state index contributed by atoms with van der Waals surface area (Å²) in [6.07, 6.45) is 4.58. The molecule has 6 nitrogen and oxygen atoms in total. The number of carbonyl (C=O) groups is 2. The van der Waals surface area contributed by atoms with Gasteiger partial charge in [-0.15, -0.1) is 0 Å². The zero-order valence-electron chi connectivity index (χ0n) is 20.8. The van der Waals surface area contributed by atoms with E-state index >= 15 is 0 Å². The Kier molecular flexibility index (Phi) is 6.58. The lowest BCUT2D eigenvalue weighted by atomic mass is 9.72. The highest BCUT2D eigenvalue weighted by atomic mass is 16.5. The summed E-state index contributed by atoms with van der Waals surface area (Å²) in [5.41, 5.74) is 2.20. The van der Waals surface area contributed by atoms with Gasteiger partial charge in [0.1, 0.15) is 5.75 Å². The van der Waals surface area contributed by atoms with E-state index in [-0.39, 0.29) is 17.7 Å². The molecule has 2 aromatic carbocycles. The molecule has 2 atom stereocenters. The van der Waals surface area contributed by atoms with Crippen LogP contribution in [0.1, 0.15) is 61.1 Å². The Hall–Kier alpha value is -2.86. The number of rotatable bonds is 4. The van der Waals surface area contributed by atoms with Crippen LogP contribution in [-0.2, 0) is 19.7 Å². The first-order valence-corrected chi connectivity index (χ1v) is 12.9. The first-order valence-electron chi connectivity index (χ1n) is 12.9. The van der Waals surface area contributed by atoms with Gasteiger partial charge >= 0.3 is 0 Å². The Morgan fingerprint density at radius 1 is 1.09 bits per heavy atom. The van der Waals surface area contributed by atoms with Crippen molar-refractivity contribution in [3.05, 3.63) is 65.2 Å². The summed E-state index contributed by atoms with van der Waals surface area (Å²) in [6.45, 7) is 4.31. The molecule has 3 saturated heterocycles. The van der Waals surface area contributed by atoms with E-state index in [1.54, 1.807) is 7.11 Å². The van der Waals surface area contributed by atoms with Gasteiger partial charge in [-0.3, -0.25) is 9.59 Å². The van der Waals surface area contributed by atoms with E-state index in [0.717, 1.165) is 41.7 Å². The van der Waals surface area contributed by atoms with Crippen LogP contribution in [0.4, 0.5) is 0 Å². The van der Waals surface area contributed by atoms with Crippen LogP contribution in [0.15, 0.2) is 48.5 Å². The molecule has 1 spiro atoms. The maximum atomic E-state index is 14.5. The number of hydrogen-bond acceptors (Lipinski definition) is 4. The second-order valence-corrected chi connectivity index (χ2v) is 10.5. The average molecular weight is 477 g/mol. The Balaban J connectivity index is 1.55. The number of carbonyl (C=O) groups excluding carboxylic acids is 2. The Morgan fingerprint density at radius 2 is 1.89 bits per heavy atom. The molecule has 0 radical (unpaired) electrons. The Labute approximate surface area is 208 Å². The van der Waals surface area contributed by atoms with Crippen molar-refractivity contribution in [3.8, 4) is 5.75 Å². The van der Waals surface area contributed by atoms with Crippen LogP contribution in [0.2, 0.25) is 0 Å². The predicted octanol–water partition coefficient (Wildman–Crippen LogP) is 4.11. The number of aryl methyl sites for hydroxylation is 1. The molecule has 3 fully saturated rings. The van der Waals surface area contributed by atoms with Crippen LogP contribution in [-0.4, -0.2) is 55.7 Å². The molecule has 2 aromatic rings. The maximum Gasteiger partial charge on any atom is 0.233 e. The second kappa shape index (κ2) is 9.65. The average Bonchev–Trinajstić information content (AvgIpc) is 3.13. The highest BCUT2D eigenvalue weighted by Gasteiger charge is 2.54. The standard InChI is InChI=1S/C29H36N2O4/c1-21-8-7-9-22(18-21)28(14-16-35-17-15-28)27(33)31-19-24(23-10-3-4-11-25(23)34-2)29(20-31)13-6-5-12-26(32)30-29/h3-4,7-11,18,24H,5-6,12-17,19-20H2,1-2H3,(H,30,32)/t24-,29+/m0/s1. The fourth-order valence-electron chi connectivity index (χ4n) is 6.52. The number of ether oxygens (including phenoxy) is 2. The fourth-order valence-corrected chi connectivity index (χ4v) is 6.52. The summed E-state index contributed by atoms with van der Waals surface area (Å²) in [7, 11) is 1.68. The van der Waals surface area contributed by atoms with Crippen molar-refractivity contribution in [1.29, 1.82) is 0 Å².